The largest absolute Gasteiger partial charge is 0.497 e. The molecule has 0 amide bonds. The van der Waals surface area contributed by atoms with Crippen LogP contribution in [0.3, 0.4) is 0 Å². The molecule has 0 unspecified atom stereocenters. The topological polar surface area (TPSA) is 55.8 Å². The molecule has 0 saturated heterocycles. The van der Waals surface area contributed by atoms with Crippen LogP contribution in [0.4, 0.5) is 0 Å². The van der Waals surface area contributed by atoms with Crippen LogP contribution < -0.4 is 4.74 Å². The van der Waals surface area contributed by atoms with Gasteiger partial charge in [0.1, 0.15) is 18.0 Å². The molecule has 0 radical (unpaired) electrons. The summed E-state index contributed by atoms with van der Waals surface area (Å²) in [4.78, 5) is 11.2. The molecule has 1 N–H and O–H groups in total. The summed E-state index contributed by atoms with van der Waals surface area (Å²) >= 11 is 0. The Morgan fingerprint density at radius 2 is 1.81 bits per heavy atom. The molecule has 1 rings (SSSR count). The quantitative estimate of drug-likeness (QED) is 0.819. The van der Waals surface area contributed by atoms with Crippen LogP contribution in [-0.4, -0.2) is 31.2 Å². The smallest absolute Gasteiger partial charge is 0.161 e. The number of carbonyl (C=O) groups is 1. The molecule has 0 heterocycles. The van der Waals surface area contributed by atoms with E-state index in [1.54, 1.807) is 31.4 Å². The fourth-order valence-corrected chi connectivity index (χ4v) is 1.49. The standard InChI is InChI=1S/C12H16O4/c1-8(13)12(16-3)11(14)9-4-6-10(15-2)7-5-9/h4-7,11-12,14H,1-3H3/t11-,12+/m0/s1. The van der Waals surface area contributed by atoms with Crippen LogP contribution in [-0.2, 0) is 9.53 Å². The molecule has 0 aromatic heterocycles. The Morgan fingerprint density at radius 1 is 1.25 bits per heavy atom. The number of aliphatic hydroxyl groups excluding tert-OH is 1. The Kier molecular flexibility index (Phi) is 4.46. The van der Waals surface area contributed by atoms with Gasteiger partial charge in [-0.2, -0.15) is 0 Å². The minimum atomic E-state index is -0.951. The molecule has 1 aromatic rings. The second-order valence-electron chi connectivity index (χ2n) is 3.48. The highest BCUT2D eigenvalue weighted by Crippen LogP contribution is 2.22. The number of rotatable bonds is 5. The van der Waals surface area contributed by atoms with Crippen LogP contribution in [0.25, 0.3) is 0 Å². The molecule has 1 aromatic carbocycles. The molecule has 0 spiro atoms. The van der Waals surface area contributed by atoms with Gasteiger partial charge in [-0.05, 0) is 24.6 Å². The summed E-state index contributed by atoms with van der Waals surface area (Å²) in [5, 5.41) is 9.93. The number of ketones is 1. The first-order valence-electron chi connectivity index (χ1n) is 4.95. The van der Waals surface area contributed by atoms with E-state index in [9.17, 15) is 9.90 Å². The van der Waals surface area contributed by atoms with E-state index in [1.807, 2.05) is 0 Å². The SMILES string of the molecule is COc1ccc([C@H](O)[C@H](OC)C(C)=O)cc1. The van der Waals surface area contributed by atoms with E-state index in [0.717, 1.165) is 0 Å². The number of benzene rings is 1. The summed E-state index contributed by atoms with van der Waals surface area (Å²) in [5.41, 5.74) is 0.628. The van der Waals surface area contributed by atoms with Crippen LogP contribution in [0, 0.1) is 0 Å². The molecular formula is C12H16O4. The van der Waals surface area contributed by atoms with Crippen molar-refractivity contribution >= 4 is 5.78 Å². The molecule has 16 heavy (non-hydrogen) atoms. The lowest BCUT2D eigenvalue weighted by atomic mass is 10.0. The Labute approximate surface area is 94.8 Å². The average Bonchev–Trinajstić information content (AvgIpc) is 2.29. The van der Waals surface area contributed by atoms with Gasteiger partial charge in [-0.25, -0.2) is 0 Å². The summed E-state index contributed by atoms with van der Waals surface area (Å²) in [6, 6.07) is 6.87. The maximum Gasteiger partial charge on any atom is 0.161 e. The van der Waals surface area contributed by atoms with E-state index in [2.05, 4.69) is 0 Å². The van der Waals surface area contributed by atoms with Crippen LogP contribution in [0.15, 0.2) is 24.3 Å². The maximum absolute atomic E-state index is 11.2. The van der Waals surface area contributed by atoms with Crippen molar-refractivity contribution in [3.05, 3.63) is 29.8 Å². The van der Waals surface area contributed by atoms with E-state index >= 15 is 0 Å². The van der Waals surface area contributed by atoms with Gasteiger partial charge in [-0.1, -0.05) is 12.1 Å². The fraction of sp³-hybridized carbons (Fsp3) is 0.417. The molecule has 0 bridgehead atoms. The van der Waals surface area contributed by atoms with Crippen LogP contribution >= 0.6 is 0 Å². The number of Topliss-reactive ketones (excluding diaryl/α,β-unsaturated/α-hetero) is 1. The van der Waals surface area contributed by atoms with Gasteiger partial charge in [0.2, 0.25) is 0 Å². The van der Waals surface area contributed by atoms with E-state index in [-0.39, 0.29) is 5.78 Å². The molecule has 0 saturated carbocycles. The van der Waals surface area contributed by atoms with Gasteiger partial charge in [-0.15, -0.1) is 0 Å². The second-order valence-corrected chi connectivity index (χ2v) is 3.48. The number of carbonyl (C=O) groups excluding carboxylic acids is 1. The number of methoxy groups -OCH3 is 2. The maximum atomic E-state index is 11.2. The monoisotopic (exact) mass is 224 g/mol. The molecular weight excluding hydrogens is 208 g/mol. The third-order valence-corrected chi connectivity index (χ3v) is 2.40. The number of ether oxygens (including phenoxy) is 2. The first kappa shape index (κ1) is 12.7. The zero-order valence-corrected chi connectivity index (χ0v) is 9.64. The van der Waals surface area contributed by atoms with Gasteiger partial charge in [0.05, 0.1) is 7.11 Å². The zero-order chi connectivity index (χ0) is 12.1. The van der Waals surface area contributed by atoms with Crippen molar-refractivity contribution in [1.82, 2.24) is 0 Å². The summed E-state index contributed by atoms with van der Waals surface area (Å²) in [6.45, 7) is 1.39. The van der Waals surface area contributed by atoms with Crippen molar-refractivity contribution in [2.45, 2.75) is 19.1 Å². The third kappa shape index (κ3) is 2.81. The van der Waals surface area contributed by atoms with E-state index in [1.165, 1.54) is 14.0 Å². The van der Waals surface area contributed by atoms with Gasteiger partial charge in [0.15, 0.2) is 5.78 Å². The van der Waals surface area contributed by atoms with Crippen molar-refractivity contribution in [3.63, 3.8) is 0 Å². The summed E-state index contributed by atoms with van der Waals surface area (Å²) < 4.78 is 9.96. The van der Waals surface area contributed by atoms with E-state index in [0.29, 0.717) is 11.3 Å². The average molecular weight is 224 g/mol. The molecule has 4 nitrogen and oxygen atoms in total. The normalized spacial score (nSPS) is 14.2. The molecule has 0 aliphatic rings. The predicted molar refractivity (Wildman–Crippen MR) is 59.4 cm³/mol. The number of aliphatic hydroxyl groups is 1. The lowest BCUT2D eigenvalue weighted by Gasteiger charge is -2.19. The summed E-state index contributed by atoms with van der Waals surface area (Å²) in [7, 11) is 2.97. The molecule has 4 heteroatoms. The zero-order valence-electron chi connectivity index (χ0n) is 9.64. The lowest BCUT2D eigenvalue weighted by Crippen LogP contribution is -2.28. The minimum Gasteiger partial charge on any atom is -0.497 e. The summed E-state index contributed by atoms with van der Waals surface area (Å²) in [5.74, 6) is 0.499. The van der Waals surface area contributed by atoms with Crippen molar-refractivity contribution < 1.29 is 19.4 Å². The fourth-order valence-electron chi connectivity index (χ4n) is 1.49. The van der Waals surface area contributed by atoms with Crippen molar-refractivity contribution in [3.8, 4) is 5.75 Å². The highest BCUT2D eigenvalue weighted by molar-refractivity contribution is 5.81. The Balaban J connectivity index is 2.86. The highest BCUT2D eigenvalue weighted by atomic mass is 16.5. The third-order valence-electron chi connectivity index (χ3n) is 2.40. The van der Waals surface area contributed by atoms with Crippen molar-refractivity contribution in [2.24, 2.45) is 0 Å². The first-order valence-corrected chi connectivity index (χ1v) is 4.95. The molecule has 88 valence electrons. The molecule has 0 fully saturated rings. The molecule has 0 aliphatic heterocycles. The minimum absolute atomic E-state index is 0.203. The van der Waals surface area contributed by atoms with Crippen molar-refractivity contribution in [2.75, 3.05) is 14.2 Å². The molecule has 0 aliphatic carbocycles. The van der Waals surface area contributed by atoms with Crippen LogP contribution in [0.1, 0.15) is 18.6 Å². The highest BCUT2D eigenvalue weighted by Gasteiger charge is 2.24. The van der Waals surface area contributed by atoms with E-state index < -0.39 is 12.2 Å². The predicted octanol–water partition coefficient (Wildman–Crippen LogP) is 1.33. The van der Waals surface area contributed by atoms with Gasteiger partial charge in [0, 0.05) is 7.11 Å². The lowest BCUT2D eigenvalue weighted by molar-refractivity contribution is -0.133. The van der Waals surface area contributed by atoms with Crippen LogP contribution in [0.2, 0.25) is 0 Å². The van der Waals surface area contributed by atoms with Gasteiger partial charge < -0.3 is 14.6 Å². The van der Waals surface area contributed by atoms with Gasteiger partial charge in [-0.3, -0.25) is 4.79 Å². The first-order chi connectivity index (χ1) is 7.60. The van der Waals surface area contributed by atoms with E-state index in [4.69, 9.17) is 9.47 Å². The van der Waals surface area contributed by atoms with Crippen LogP contribution in [0.5, 0.6) is 5.75 Å². The Hall–Kier alpha value is -1.39. The second kappa shape index (κ2) is 5.63. The van der Waals surface area contributed by atoms with Gasteiger partial charge in [0.25, 0.3) is 0 Å². The Morgan fingerprint density at radius 3 is 2.19 bits per heavy atom. The van der Waals surface area contributed by atoms with Crippen molar-refractivity contribution in [1.29, 1.82) is 0 Å². The van der Waals surface area contributed by atoms with Gasteiger partial charge >= 0.3 is 0 Å². The number of hydrogen-bond acceptors (Lipinski definition) is 4. The molecule has 2 atom stereocenters. The summed E-state index contributed by atoms with van der Waals surface area (Å²) in [6.07, 6.45) is -1.78. The Bertz CT molecular complexity index is 345. The number of hydrogen-bond donors (Lipinski definition) is 1.